The van der Waals surface area contributed by atoms with Gasteiger partial charge in [0, 0.05) is 23.2 Å². The van der Waals surface area contributed by atoms with Crippen LogP contribution in [0.3, 0.4) is 0 Å². The van der Waals surface area contributed by atoms with Crippen LogP contribution in [0.15, 0.2) is 35.1 Å². The van der Waals surface area contributed by atoms with Gasteiger partial charge in [0.2, 0.25) is 0 Å². The molecule has 122 valence electrons. The molecular formula is C17H19ClN2O3. The molecule has 1 fully saturated rings. The van der Waals surface area contributed by atoms with Gasteiger partial charge in [-0.15, -0.1) is 0 Å². The maximum absolute atomic E-state index is 12.5. The Morgan fingerprint density at radius 2 is 1.96 bits per heavy atom. The van der Waals surface area contributed by atoms with Gasteiger partial charge in [-0.2, -0.15) is 0 Å². The summed E-state index contributed by atoms with van der Waals surface area (Å²) in [5.74, 6) is 0.187. The zero-order valence-corrected chi connectivity index (χ0v) is 13.4. The molecule has 1 aromatic carbocycles. The molecule has 2 N–H and O–H groups in total. The zero-order chi connectivity index (χ0) is 16.2. The first-order valence-electron chi connectivity index (χ1n) is 7.79. The van der Waals surface area contributed by atoms with Crippen LogP contribution in [0.2, 0.25) is 5.02 Å². The summed E-state index contributed by atoms with van der Waals surface area (Å²) in [5.41, 5.74) is 1.73. The van der Waals surface area contributed by atoms with Crippen molar-refractivity contribution in [3.63, 3.8) is 0 Å². The number of aliphatic hydroxyl groups is 1. The Morgan fingerprint density at radius 1 is 1.26 bits per heavy atom. The molecule has 0 spiro atoms. The molecule has 1 aromatic heterocycles. The second-order valence-corrected chi connectivity index (χ2v) is 6.39. The summed E-state index contributed by atoms with van der Waals surface area (Å²) < 4.78 is 5.00. The first kappa shape index (κ1) is 16.0. The molecule has 5 nitrogen and oxygen atoms in total. The molecule has 0 atom stereocenters. The molecule has 3 rings (SSSR count). The Labute approximate surface area is 139 Å². The molecule has 1 aliphatic rings. The van der Waals surface area contributed by atoms with E-state index in [1.54, 1.807) is 12.1 Å². The third kappa shape index (κ3) is 3.74. The molecule has 2 aromatic rings. The average Bonchev–Trinajstić information content (AvgIpc) is 3.06. The SMILES string of the molecule is O=C(NC1CCC(CO)CC1)c1conc1-c1ccc(Cl)cc1. The fourth-order valence-electron chi connectivity index (χ4n) is 2.97. The third-order valence-corrected chi connectivity index (χ3v) is 4.62. The molecule has 1 saturated carbocycles. The normalized spacial score (nSPS) is 21.1. The molecule has 0 bridgehead atoms. The quantitative estimate of drug-likeness (QED) is 0.899. The lowest BCUT2D eigenvalue weighted by Crippen LogP contribution is -2.38. The number of halogens is 1. The van der Waals surface area contributed by atoms with E-state index in [2.05, 4.69) is 10.5 Å². The Bertz CT molecular complexity index is 661. The van der Waals surface area contributed by atoms with Crippen molar-refractivity contribution < 1.29 is 14.4 Å². The summed E-state index contributed by atoms with van der Waals surface area (Å²) in [6, 6.07) is 7.26. The Kier molecular flexibility index (Phi) is 4.98. The van der Waals surface area contributed by atoms with Crippen molar-refractivity contribution in [2.75, 3.05) is 6.61 Å². The lowest BCUT2D eigenvalue weighted by molar-refractivity contribution is 0.0914. The van der Waals surface area contributed by atoms with Gasteiger partial charge < -0.3 is 14.9 Å². The van der Waals surface area contributed by atoms with Crippen molar-refractivity contribution in [3.05, 3.63) is 41.1 Å². The first-order valence-corrected chi connectivity index (χ1v) is 8.17. The predicted molar refractivity (Wildman–Crippen MR) is 87.2 cm³/mol. The minimum atomic E-state index is -0.177. The number of hydrogen-bond acceptors (Lipinski definition) is 4. The third-order valence-electron chi connectivity index (χ3n) is 4.37. The van der Waals surface area contributed by atoms with Gasteiger partial charge in [-0.25, -0.2) is 0 Å². The van der Waals surface area contributed by atoms with Gasteiger partial charge in [-0.1, -0.05) is 28.9 Å². The van der Waals surface area contributed by atoms with Gasteiger partial charge >= 0.3 is 0 Å². The number of nitrogens with one attached hydrogen (secondary N) is 1. The van der Waals surface area contributed by atoms with E-state index >= 15 is 0 Å². The highest BCUT2D eigenvalue weighted by atomic mass is 35.5. The Morgan fingerprint density at radius 3 is 2.61 bits per heavy atom. The van der Waals surface area contributed by atoms with E-state index in [4.69, 9.17) is 16.1 Å². The van der Waals surface area contributed by atoms with E-state index in [1.165, 1.54) is 6.26 Å². The molecule has 1 heterocycles. The smallest absolute Gasteiger partial charge is 0.257 e. The number of rotatable bonds is 4. The largest absolute Gasteiger partial charge is 0.396 e. The molecule has 23 heavy (non-hydrogen) atoms. The van der Waals surface area contributed by atoms with Gasteiger partial charge in [0.1, 0.15) is 17.5 Å². The fraction of sp³-hybridized carbons (Fsp3) is 0.412. The lowest BCUT2D eigenvalue weighted by atomic mass is 9.86. The highest BCUT2D eigenvalue weighted by Gasteiger charge is 2.24. The summed E-state index contributed by atoms with van der Waals surface area (Å²) in [5, 5.41) is 16.8. The number of aromatic nitrogens is 1. The van der Waals surface area contributed by atoms with E-state index in [1.807, 2.05) is 12.1 Å². The van der Waals surface area contributed by atoms with Crippen LogP contribution in [0, 0.1) is 5.92 Å². The number of amides is 1. The van der Waals surface area contributed by atoms with Gasteiger partial charge in [0.15, 0.2) is 0 Å². The Balaban J connectivity index is 1.69. The fourth-order valence-corrected chi connectivity index (χ4v) is 3.09. The van der Waals surface area contributed by atoms with Crippen LogP contribution >= 0.6 is 11.6 Å². The number of nitrogens with zero attached hydrogens (tertiary/aromatic N) is 1. The lowest BCUT2D eigenvalue weighted by Gasteiger charge is -2.27. The second kappa shape index (κ2) is 7.15. The molecular weight excluding hydrogens is 316 g/mol. The van der Waals surface area contributed by atoms with Gasteiger partial charge in [0.05, 0.1) is 0 Å². The van der Waals surface area contributed by atoms with Crippen LogP contribution < -0.4 is 5.32 Å². The van der Waals surface area contributed by atoms with Crippen molar-refractivity contribution in [2.45, 2.75) is 31.7 Å². The zero-order valence-electron chi connectivity index (χ0n) is 12.7. The number of benzene rings is 1. The molecule has 1 amide bonds. The number of hydrogen-bond donors (Lipinski definition) is 2. The standard InChI is InChI=1S/C17H19ClN2O3/c18-13-5-3-12(4-6-13)16-15(10-23-20-16)17(22)19-14-7-1-11(9-21)2-8-14/h3-6,10-11,14,21H,1-2,7-9H2,(H,19,22). The summed E-state index contributed by atoms with van der Waals surface area (Å²) in [4.78, 5) is 12.5. The monoisotopic (exact) mass is 334 g/mol. The van der Waals surface area contributed by atoms with E-state index in [9.17, 15) is 9.90 Å². The summed E-state index contributed by atoms with van der Waals surface area (Å²) in [7, 11) is 0. The molecule has 0 aliphatic heterocycles. The van der Waals surface area contributed by atoms with Crippen LogP contribution in [0.25, 0.3) is 11.3 Å². The summed E-state index contributed by atoms with van der Waals surface area (Å²) in [6.45, 7) is 0.229. The van der Waals surface area contributed by atoms with E-state index < -0.39 is 0 Å². The van der Waals surface area contributed by atoms with E-state index in [0.29, 0.717) is 22.2 Å². The summed E-state index contributed by atoms with van der Waals surface area (Å²) >= 11 is 5.89. The number of aliphatic hydroxyl groups excluding tert-OH is 1. The average molecular weight is 335 g/mol. The molecule has 0 radical (unpaired) electrons. The minimum absolute atomic E-state index is 0.137. The molecule has 0 unspecified atom stereocenters. The molecule has 0 saturated heterocycles. The second-order valence-electron chi connectivity index (χ2n) is 5.96. The minimum Gasteiger partial charge on any atom is -0.396 e. The molecule has 6 heteroatoms. The maximum atomic E-state index is 12.5. The van der Waals surface area contributed by atoms with Crippen LogP contribution in [-0.2, 0) is 0 Å². The van der Waals surface area contributed by atoms with Crippen molar-refractivity contribution in [3.8, 4) is 11.3 Å². The predicted octanol–water partition coefficient (Wildman–Crippen LogP) is 3.28. The van der Waals surface area contributed by atoms with Gasteiger partial charge in [0.25, 0.3) is 5.91 Å². The summed E-state index contributed by atoms with van der Waals surface area (Å²) in [6.07, 6.45) is 5.03. The first-order chi connectivity index (χ1) is 11.2. The van der Waals surface area contributed by atoms with Crippen molar-refractivity contribution in [1.29, 1.82) is 0 Å². The van der Waals surface area contributed by atoms with Gasteiger partial charge in [-0.05, 0) is 43.7 Å². The Hall–Kier alpha value is -1.85. The van der Waals surface area contributed by atoms with E-state index in [-0.39, 0.29) is 18.6 Å². The number of carbonyl (C=O) groups is 1. The van der Waals surface area contributed by atoms with Crippen LogP contribution in [0.4, 0.5) is 0 Å². The van der Waals surface area contributed by atoms with Crippen molar-refractivity contribution in [1.82, 2.24) is 10.5 Å². The van der Waals surface area contributed by atoms with Crippen molar-refractivity contribution >= 4 is 17.5 Å². The van der Waals surface area contributed by atoms with Crippen molar-refractivity contribution in [2.24, 2.45) is 5.92 Å². The number of carbonyl (C=O) groups excluding carboxylic acids is 1. The topological polar surface area (TPSA) is 75.4 Å². The maximum Gasteiger partial charge on any atom is 0.257 e. The van der Waals surface area contributed by atoms with Crippen LogP contribution in [0.1, 0.15) is 36.0 Å². The van der Waals surface area contributed by atoms with E-state index in [0.717, 1.165) is 31.2 Å². The molecule has 1 aliphatic carbocycles. The van der Waals surface area contributed by atoms with Crippen LogP contribution in [0.5, 0.6) is 0 Å². The highest BCUT2D eigenvalue weighted by Crippen LogP contribution is 2.26. The van der Waals surface area contributed by atoms with Gasteiger partial charge in [-0.3, -0.25) is 4.79 Å². The van der Waals surface area contributed by atoms with Crippen LogP contribution in [-0.4, -0.2) is 28.8 Å². The highest BCUT2D eigenvalue weighted by molar-refractivity contribution is 6.30.